The van der Waals surface area contributed by atoms with Crippen LogP contribution in [-0.4, -0.2) is 30.7 Å². The van der Waals surface area contributed by atoms with Gasteiger partial charge < -0.3 is 14.7 Å². The van der Waals surface area contributed by atoms with E-state index in [0.717, 1.165) is 0 Å². The van der Waals surface area contributed by atoms with E-state index < -0.39 is 5.06 Å². The number of nitrogens with zero attached hydrogens (tertiary/aromatic N) is 1. The lowest BCUT2D eigenvalue weighted by Gasteiger charge is -2.29. The van der Waals surface area contributed by atoms with Crippen molar-refractivity contribution in [1.82, 2.24) is 0 Å². The molecule has 78 valence electrons. The van der Waals surface area contributed by atoms with Gasteiger partial charge in [0.15, 0.2) is 5.06 Å². The predicted octanol–water partition coefficient (Wildman–Crippen LogP) is 1.74. The van der Waals surface area contributed by atoms with E-state index in [1.165, 1.54) is 13.3 Å². The van der Waals surface area contributed by atoms with E-state index in [1.807, 2.05) is 0 Å². The summed E-state index contributed by atoms with van der Waals surface area (Å²) in [6.07, 6.45) is 6.37. The van der Waals surface area contributed by atoms with Gasteiger partial charge in [-0.3, -0.25) is 0 Å². The number of rotatable bonds is 3. The van der Waals surface area contributed by atoms with Crippen molar-refractivity contribution in [2.24, 2.45) is 11.1 Å². The van der Waals surface area contributed by atoms with E-state index in [1.54, 1.807) is 25.3 Å². The highest BCUT2D eigenvalue weighted by atomic mass is 35.5. The average molecular weight is 218 g/mol. The van der Waals surface area contributed by atoms with Crippen molar-refractivity contribution < 1.29 is 14.7 Å². The van der Waals surface area contributed by atoms with Gasteiger partial charge in [-0.25, -0.2) is 0 Å². The Morgan fingerprint density at radius 2 is 2.36 bits per heavy atom. The fourth-order valence-electron chi connectivity index (χ4n) is 1.21. The Kier molecular flexibility index (Phi) is 3.55. The normalized spacial score (nSPS) is 31.9. The summed E-state index contributed by atoms with van der Waals surface area (Å²) >= 11 is 6.12. The van der Waals surface area contributed by atoms with Gasteiger partial charge in [0.25, 0.3) is 0 Å². The molecule has 0 amide bonds. The zero-order valence-electron chi connectivity index (χ0n) is 7.98. The summed E-state index contributed by atoms with van der Waals surface area (Å²) < 4.78 is 10.1. The molecule has 0 radical (unpaired) electrons. The van der Waals surface area contributed by atoms with Crippen LogP contribution >= 0.6 is 11.6 Å². The molecular weight excluding hydrogens is 206 g/mol. The van der Waals surface area contributed by atoms with Crippen molar-refractivity contribution in [3.8, 4) is 0 Å². The van der Waals surface area contributed by atoms with E-state index in [9.17, 15) is 0 Å². The van der Waals surface area contributed by atoms with Gasteiger partial charge >= 0.3 is 0 Å². The topological polar surface area (TPSA) is 51.0 Å². The Morgan fingerprint density at radius 1 is 1.64 bits per heavy atom. The second-order valence-electron chi connectivity index (χ2n) is 2.80. The van der Waals surface area contributed by atoms with Crippen LogP contribution in [0.2, 0.25) is 0 Å². The maximum absolute atomic E-state index is 8.47. The van der Waals surface area contributed by atoms with Gasteiger partial charge in [0.1, 0.15) is 5.76 Å². The maximum Gasteiger partial charge on any atom is 0.171 e. The van der Waals surface area contributed by atoms with Gasteiger partial charge in [0.05, 0.1) is 19.2 Å². The second kappa shape index (κ2) is 4.48. The molecule has 5 heteroatoms. The van der Waals surface area contributed by atoms with Gasteiger partial charge in [-0.05, 0) is 18.2 Å². The first-order chi connectivity index (χ1) is 6.66. The van der Waals surface area contributed by atoms with Crippen molar-refractivity contribution >= 4 is 17.8 Å². The Labute approximate surface area is 87.4 Å². The minimum absolute atomic E-state index is 0.362. The summed E-state index contributed by atoms with van der Waals surface area (Å²) in [6.45, 7) is 0. The monoisotopic (exact) mass is 217 g/mol. The molecule has 2 atom stereocenters. The Hall–Kier alpha value is -1.00. The maximum atomic E-state index is 8.47. The molecule has 0 bridgehead atoms. The molecule has 0 saturated heterocycles. The van der Waals surface area contributed by atoms with Crippen LogP contribution in [0.4, 0.5) is 0 Å². The highest BCUT2D eigenvalue weighted by molar-refractivity contribution is 6.25. The quantitative estimate of drug-likeness (QED) is 0.339. The minimum atomic E-state index is -1.01. The Morgan fingerprint density at radius 3 is 2.86 bits per heavy atom. The zero-order chi connectivity index (χ0) is 10.6. The largest absolute Gasteiger partial charge is 0.497 e. The molecule has 14 heavy (non-hydrogen) atoms. The fourth-order valence-corrected chi connectivity index (χ4v) is 1.39. The van der Waals surface area contributed by atoms with E-state index >= 15 is 0 Å². The number of oxime groups is 1. The van der Waals surface area contributed by atoms with E-state index in [0.29, 0.717) is 5.76 Å². The Balaban J connectivity index is 2.94. The molecule has 1 rings (SSSR count). The van der Waals surface area contributed by atoms with Crippen LogP contribution in [0.1, 0.15) is 0 Å². The average Bonchev–Trinajstić information content (AvgIpc) is 2.22. The third-order valence-corrected chi connectivity index (χ3v) is 2.58. The Bertz CT molecular complexity index is 288. The van der Waals surface area contributed by atoms with Crippen molar-refractivity contribution in [2.45, 2.75) is 5.06 Å². The number of halogens is 1. The van der Waals surface area contributed by atoms with Crippen molar-refractivity contribution in [1.29, 1.82) is 0 Å². The molecule has 0 aromatic rings. The molecule has 0 spiro atoms. The summed E-state index contributed by atoms with van der Waals surface area (Å²) in [7, 11) is 3.04. The predicted molar refractivity (Wildman–Crippen MR) is 53.6 cm³/mol. The third-order valence-electron chi connectivity index (χ3n) is 2.05. The van der Waals surface area contributed by atoms with Gasteiger partial charge in [0.2, 0.25) is 0 Å². The number of hydrogen-bond acceptors (Lipinski definition) is 4. The van der Waals surface area contributed by atoms with Crippen molar-refractivity contribution in [2.75, 3.05) is 14.2 Å². The molecule has 1 aliphatic carbocycles. The van der Waals surface area contributed by atoms with Crippen LogP contribution in [0, 0.1) is 5.92 Å². The van der Waals surface area contributed by atoms with Crippen LogP contribution in [0.5, 0.6) is 0 Å². The summed E-state index contributed by atoms with van der Waals surface area (Å²) in [5, 5.41) is 10.4. The number of ether oxygens (including phenoxy) is 2. The molecule has 0 saturated carbocycles. The minimum Gasteiger partial charge on any atom is -0.497 e. The standard InChI is InChI=1S/C9H12ClNO3/c1-13-8-3-4-9(10,14-2)7(5-8)6-11-12/h3-7,12H,1-2H3/t7-,9-/m0/s1. The highest BCUT2D eigenvalue weighted by Gasteiger charge is 2.35. The zero-order valence-corrected chi connectivity index (χ0v) is 8.73. The lowest BCUT2D eigenvalue weighted by Crippen LogP contribution is -2.34. The van der Waals surface area contributed by atoms with Gasteiger partial charge in [-0.2, -0.15) is 0 Å². The van der Waals surface area contributed by atoms with E-state index in [4.69, 9.17) is 26.3 Å². The van der Waals surface area contributed by atoms with Crippen molar-refractivity contribution in [3.63, 3.8) is 0 Å². The number of alkyl halides is 1. The fraction of sp³-hybridized carbons (Fsp3) is 0.444. The first kappa shape index (κ1) is 11.1. The van der Waals surface area contributed by atoms with E-state index in [2.05, 4.69) is 5.16 Å². The SMILES string of the molecule is COC1=C[C@@H](C=NO)[C@@](Cl)(OC)C=C1. The highest BCUT2D eigenvalue weighted by Crippen LogP contribution is 2.33. The van der Waals surface area contributed by atoms with Gasteiger partial charge in [-0.15, -0.1) is 5.16 Å². The lowest BCUT2D eigenvalue weighted by molar-refractivity contribution is 0.0856. The van der Waals surface area contributed by atoms with Crippen LogP contribution in [-0.2, 0) is 9.47 Å². The molecule has 1 N–H and O–H groups in total. The molecule has 0 unspecified atom stereocenters. The molecule has 1 aliphatic rings. The molecule has 0 aromatic heterocycles. The van der Waals surface area contributed by atoms with Crippen LogP contribution in [0.25, 0.3) is 0 Å². The lowest BCUT2D eigenvalue weighted by atomic mass is 9.97. The molecule has 0 fully saturated rings. The van der Waals surface area contributed by atoms with Crippen LogP contribution in [0.3, 0.4) is 0 Å². The van der Waals surface area contributed by atoms with Crippen LogP contribution in [0.15, 0.2) is 29.1 Å². The first-order valence-corrected chi connectivity index (χ1v) is 4.40. The summed E-state index contributed by atoms with van der Waals surface area (Å²) in [5.74, 6) is 0.294. The van der Waals surface area contributed by atoms with E-state index in [-0.39, 0.29) is 5.92 Å². The molecule has 0 aliphatic heterocycles. The molecule has 0 heterocycles. The third kappa shape index (κ3) is 2.08. The molecular formula is C9H12ClNO3. The summed E-state index contributed by atoms with van der Waals surface area (Å²) in [6, 6.07) is 0. The number of methoxy groups -OCH3 is 2. The summed E-state index contributed by atoms with van der Waals surface area (Å²) in [5.41, 5.74) is 0. The number of allylic oxidation sites excluding steroid dienone is 1. The first-order valence-electron chi connectivity index (χ1n) is 4.03. The number of hydrogen-bond donors (Lipinski definition) is 1. The smallest absolute Gasteiger partial charge is 0.171 e. The summed E-state index contributed by atoms with van der Waals surface area (Å²) in [4.78, 5) is 0. The van der Waals surface area contributed by atoms with Gasteiger partial charge in [0, 0.05) is 7.11 Å². The van der Waals surface area contributed by atoms with Crippen molar-refractivity contribution in [3.05, 3.63) is 24.0 Å². The van der Waals surface area contributed by atoms with Gasteiger partial charge in [-0.1, -0.05) is 11.6 Å². The molecule has 4 nitrogen and oxygen atoms in total. The molecule has 0 aromatic carbocycles. The van der Waals surface area contributed by atoms with Crippen LogP contribution < -0.4 is 0 Å². The second-order valence-corrected chi connectivity index (χ2v) is 3.39.